The van der Waals surface area contributed by atoms with Crippen molar-refractivity contribution in [1.82, 2.24) is 20.2 Å². The predicted molar refractivity (Wildman–Crippen MR) is 89.0 cm³/mol. The lowest BCUT2D eigenvalue weighted by molar-refractivity contribution is -0.130. The number of likely N-dealkylation sites (tertiary alicyclic amines) is 1. The van der Waals surface area contributed by atoms with E-state index in [4.69, 9.17) is 9.05 Å². The quantitative estimate of drug-likeness (QED) is 0.848. The molecule has 134 valence electrons. The van der Waals surface area contributed by atoms with Gasteiger partial charge in [0.15, 0.2) is 5.82 Å². The summed E-state index contributed by atoms with van der Waals surface area (Å²) in [4.78, 5) is 19.0. The second-order valence-corrected chi connectivity index (χ2v) is 7.26. The zero-order chi connectivity index (χ0) is 17.4. The third kappa shape index (κ3) is 3.19. The van der Waals surface area contributed by atoms with Crippen LogP contribution in [0, 0.1) is 13.8 Å². The largest absolute Gasteiger partial charge is 0.361 e. The van der Waals surface area contributed by atoms with E-state index in [9.17, 15) is 4.79 Å². The Morgan fingerprint density at radius 2 is 1.92 bits per heavy atom. The van der Waals surface area contributed by atoms with Crippen LogP contribution in [-0.4, -0.2) is 38.7 Å². The van der Waals surface area contributed by atoms with Gasteiger partial charge in [0.1, 0.15) is 5.76 Å². The van der Waals surface area contributed by atoms with Crippen LogP contribution in [0.3, 0.4) is 0 Å². The summed E-state index contributed by atoms with van der Waals surface area (Å²) < 4.78 is 10.6. The molecule has 1 amide bonds. The normalized spacial score (nSPS) is 22.1. The standard InChI is InChI=1S/C18H24N4O3/c1-11-15(12(2)24-20-11)9-16-19-18(21-25-16)13-8-17(23)22(10-13)14-6-4-3-5-7-14/h13-14H,3-10H2,1-2H3. The first kappa shape index (κ1) is 16.3. The molecule has 1 saturated carbocycles. The molecule has 7 heteroatoms. The van der Waals surface area contributed by atoms with E-state index in [1.807, 2.05) is 18.7 Å². The van der Waals surface area contributed by atoms with Crippen molar-refractivity contribution in [3.63, 3.8) is 0 Å². The number of amides is 1. The molecule has 2 aliphatic rings. The zero-order valence-corrected chi connectivity index (χ0v) is 14.8. The molecule has 0 bridgehead atoms. The summed E-state index contributed by atoms with van der Waals surface area (Å²) in [5.74, 6) is 2.24. The van der Waals surface area contributed by atoms with Gasteiger partial charge in [-0.05, 0) is 26.7 Å². The Morgan fingerprint density at radius 3 is 2.64 bits per heavy atom. The highest BCUT2D eigenvalue weighted by molar-refractivity contribution is 5.79. The first-order chi connectivity index (χ1) is 12.1. The van der Waals surface area contributed by atoms with Gasteiger partial charge in [0.25, 0.3) is 0 Å². The third-order valence-electron chi connectivity index (χ3n) is 5.53. The first-order valence-corrected chi connectivity index (χ1v) is 9.15. The molecule has 2 fully saturated rings. The molecule has 7 nitrogen and oxygen atoms in total. The summed E-state index contributed by atoms with van der Waals surface area (Å²) >= 11 is 0. The molecule has 2 aromatic rings. The van der Waals surface area contributed by atoms with Crippen molar-refractivity contribution >= 4 is 5.91 Å². The molecule has 25 heavy (non-hydrogen) atoms. The highest BCUT2D eigenvalue weighted by Gasteiger charge is 2.37. The van der Waals surface area contributed by atoms with Gasteiger partial charge >= 0.3 is 0 Å². The summed E-state index contributed by atoms with van der Waals surface area (Å²) in [5, 5.41) is 8.09. The first-order valence-electron chi connectivity index (χ1n) is 9.15. The minimum Gasteiger partial charge on any atom is -0.361 e. The topological polar surface area (TPSA) is 85.3 Å². The lowest BCUT2D eigenvalue weighted by Gasteiger charge is -2.31. The van der Waals surface area contributed by atoms with E-state index in [0.717, 1.165) is 29.9 Å². The Hall–Kier alpha value is -2.18. The highest BCUT2D eigenvalue weighted by Crippen LogP contribution is 2.32. The van der Waals surface area contributed by atoms with Gasteiger partial charge in [0.2, 0.25) is 11.8 Å². The molecule has 1 unspecified atom stereocenters. The van der Waals surface area contributed by atoms with Gasteiger partial charge in [-0.25, -0.2) is 0 Å². The molecule has 2 aromatic heterocycles. The van der Waals surface area contributed by atoms with Crippen LogP contribution < -0.4 is 0 Å². The lowest BCUT2D eigenvalue weighted by atomic mass is 9.94. The number of aryl methyl sites for hydroxylation is 2. The lowest BCUT2D eigenvalue weighted by Crippen LogP contribution is -2.37. The molecular formula is C18H24N4O3. The number of rotatable bonds is 4. The van der Waals surface area contributed by atoms with E-state index in [1.54, 1.807) is 0 Å². The molecule has 1 aliphatic carbocycles. The zero-order valence-electron chi connectivity index (χ0n) is 14.8. The van der Waals surface area contributed by atoms with Crippen LogP contribution >= 0.6 is 0 Å². The Morgan fingerprint density at radius 1 is 1.12 bits per heavy atom. The summed E-state index contributed by atoms with van der Waals surface area (Å²) in [6, 6.07) is 0.403. The Kier molecular flexibility index (Phi) is 4.31. The van der Waals surface area contributed by atoms with Crippen molar-refractivity contribution in [2.45, 2.75) is 70.8 Å². The van der Waals surface area contributed by atoms with E-state index in [2.05, 4.69) is 15.3 Å². The molecule has 0 radical (unpaired) electrons. The second-order valence-electron chi connectivity index (χ2n) is 7.26. The number of carbonyl (C=O) groups excluding carboxylic acids is 1. The molecule has 3 heterocycles. The van der Waals surface area contributed by atoms with Crippen LogP contribution in [0.2, 0.25) is 0 Å². The fourth-order valence-electron chi connectivity index (χ4n) is 4.06. The van der Waals surface area contributed by atoms with Crippen LogP contribution in [-0.2, 0) is 11.2 Å². The van der Waals surface area contributed by atoms with Gasteiger partial charge in [-0.15, -0.1) is 0 Å². The molecule has 1 atom stereocenters. The molecular weight excluding hydrogens is 320 g/mol. The fourth-order valence-corrected chi connectivity index (χ4v) is 4.06. The summed E-state index contributed by atoms with van der Waals surface area (Å²) in [6.07, 6.45) is 7.00. The van der Waals surface area contributed by atoms with E-state index >= 15 is 0 Å². The Balaban J connectivity index is 1.44. The van der Waals surface area contributed by atoms with Crippen LogP contribution in [0.25, 0.3) is 0 Å². The predicted octanol–water partition coefficient (Wildman–Crippen LogP) is 2.91. The SMILES string of the molecule is Cc1noc(C)c1Cc1nc(C2CC(=O)N(C3CCCCC3)C2)no1. The van der Waals surface area contributed by atoms with Gasteiger partial charge in [0.05, 0.1) is 12.1 Å². The van der Waals surface area contributed by atoms with E-state index in [-0.39, 0.29) is 11.8 Å². The van der Waals surface area contributed by atoms with E-state index < -0.39 is 0 Å². The number of nitrogens with zero attached hydrogens (tertiary/aromatic N) is 4. The third-order valence-corrected chi connectivity index (χ3v) is 5.53. The van der Waals surface area contributed by atoms with Crippen molar-refractivity contribution in [2.24, 2.45) is 0 Å². The van der Waals surface area contributed by atoms with E-state index in [1.165, 1.54) is 19.3 Å². The Labute approximate surface area is 146 Å². The minimum absolute atomic E-state index is 0.0385. The van der Waals surface area contributed by atoms with Crippen LogP contribution in [0.1, 0.15) is 73.2 Å². The number of carbonyl (C=O) groups is 1. The average Bonchev–Trinajstić information content (AvgIpc) is 3.31. The molecule has 0 aromatic carbocycles. The van der Waals surface area contributed by atoms with Gasteiger partial charge in [-0.3, -0.25) is 4.79 Å². The number of hydrogen-bond acceptors (Lipinski definition) is 6. The van der Waals surface area contributed by atoms with Gasteiger partial charge in [0, 0.05) is 30.5 Å². The number of hydrogen-bond donors (Lipinski definition) is 0. The maximum Gasteiger partial charge on any atom is 0.231 e. The molecule has 1 aliphatic heterocycles. The number of aromatic nitrogens is 3. The van der Waals surface area contributed by atoms with Crippen molar-refractivity contribution < 1.29 is 13.8 Å². The van der Waals surface area contributed by atoms with Gasteiger partial charge < -0.3 is 13.9 Å². The monoisotopic (exact) mass is 344 g/mol. The highest BCUT2D eigenvalue weighted by atomic mass is 16.5. The summed E-state index contributed by atoms with van der Waals surface area (Å²) in [7, 11) is 0. The van der Waals surface area contributed by atoms with Crippen molar-refractivity contribution in [3.8, 4) is 0 Å². The molecule has 0 spiro atoms. The van der Waals surface area contributed by atoms with Crippen molar-refractivity contribution in [2.75, 3.05) is 6.54 Å². The van der Waals surface area contributed by atoms with E-state index in [0.29, 0.717) is 37.1 Å². The van der Waals surface area contributed by atoms with Crippen LogP contribution in [0.5, 0.6) is 0 Å². The fraction of sp³-hybridized carbons (Fsp3) is 0.667. The van der Waals surface area contributed by atoms with Gasteiger partial charge in [-0.2, -0.15) is 4.98 Å². The minimum atomic E-state index is 0.0385. The Bertz CT molecular complexity index is 741. The average molecular weight is 344 g/mol. The molecule has 0 N–H and O–H groups in total. The smallest absolute Gasteiger partial charge is 0.231 e. The summed E-state index contributed by atoms with van der Waals surface area (Å²) in [6.45, 7) is 4.50. The van der Waals surface area contributed by atoms with Gasteiger partial charge in [-0.1, -0.05) is 29.6 Å². The van der Waals surface area contributed by atoms with Crippen molar-refractivity contribution in [3.05, 3.63) is 28.7 Å². The maximum absolute atomic E-state index is 12.4. The van der Waals surface area contributed by atoms with Crippen LogP contribution in [0.15, 0.2) is 9.05 Å². The second kappa shape index (κ2) is 6.61. The maximum atomic E-state index is 12.4. The molecule has 4 rings (SSSR count). The summed E-state index contributed by atoms with van der Waals surface area (Å²) in [5.41, 5.74) is 1.83. The van der Waals surface area contributed by atoms with Crippen LogP contribution in [0.4, 0.5) is 0 Å². The van der Waals surface area contributed by atoms with Crippen molar-refractivity contribution in [1.29, 1.82) is 0 Å². The molecule has 1 saturated heterocycles.